The highest BCUT2D eigenvalue weighted by Crippen LogP contribution is 2.32. The van der Waals surface area contributed by atoms with Crippen LogP contribution in [0.4, 0.5) is 17.6 Å². The van der Waals surface area contributed by atoms with Gasteiger partial charge in [-0.2, -0.15) is 13.2 Å². The summed E-state index contributed by atoms with van der Waals surface area (Å²) >= 11 is 0. The van der Waals surface area contributed by atoms with Gasteiger partial charge in [-0.25, -0.2) is 4.39 Å². The zero-order chi connectivity index (χ0) is 77.8. The summed E-state index contributed by atoms with van der Waals surface area (Å²) in [4.78, 5) is 187. The number of hydrogen-bond donors (Lipinski definition) is 4. The molecule has 102 heavy (non-hydrogen) atoms. The summed E-state index contributed by atoms with van der Waals surface area (Å²) in [5, 5.41) is 18.8. The molecule has 2 fully saturated rings. The number of likely N-dealkylation sites (N-methyl/N-ethyl adjacent to an activating group) is 8. The van der Waals surface area contributed by atoms with Crippen molar-refractivity contribution in [2.75, 3.05) is 116 Å². The van der Waals surface area contributed by atoms with E-state index in [9.17, 15) is 61.4 Å². The van der Waals surface area contributed by atoms with Crippen LogP contribution < -0.4 is 16.0 Å². The molecule has 1 aromatic carbocycles. The fourth-order valence-electron chi connectivity index (χ4n) is 11.9. The highest BCUT2D eigenvalue weighted by atomic mass is 19.4. The average molecular weight is 1450 g/mol. The highest BCUT2D eigenvalue weighted by molar-refractivity contribution is 6.00. The molecule has 4 N–H and O–H groups in total. The molecule has 0 aromatic heterocycles. The maximum Gasteiger partial charge on any atom is 0.419 e. The number of nitrogens with zero attached hydrogens (tertiary/aromatic N) is 9. The van der Waals surface area contributed by atoms with Crippen LogP contribution in [-0.2, 0) is 79.6 Å². The molecule has 0 bridgehead atoms. The number of hydrogen-bond acceptors (Lipinski definition) is 15. The second-order valence-electron chi connectivity index (χ2n) is 29.9. The predicted octanol–water partition coefficient (Wildman–Crippen LogP) is 3.56. The number of halogens is 4. The quantitative estimate of drug-likeness (QED) is 0.114. The molecule has 578 valence electrons. The topological polar surface area (TPSA) is 309 Å². The number of nitrogens with one attached hydrogen (secondary N) is 3. The number of aryl methyl sites for hydroxylation is 1. The third-order valence-electron chi connectivity index (χ3n) is 18.6. The second kappa shape index (κ2) is 39.4. The van der Waals surface area contributed by atoms with E-state index in [0.717, 1.165) is 53.8 Å². The van der Waals surface area contributed by atoms with Crippen molar-refractivity contribution in [2.24, 2.45) is 23.7 Å². The van der Waals surface area contributed by atoms with E-state index in [1.54, 1.807) is 32.6 Å². The first-order valence-electron chi connectivity index (χ1n) is 35.2. The first-order valence-corrected chi connectivity index (χ1v) is 35.2. The van der Waals surface area contributed by atoms with Crippen molar-refractivity contribution in [3.05, 3.63) is 35.1 Å². The van der Waals surface area contributed by atoms with E-state index >= 15 is 18.8 Å². The van der Waals surface area contributed by atoms with Gasteiger partial charge in [0.25, 0.3) is 0 Å². The van der Waals surface area contributed by atoms with Crippen molar-refractivity contribution in [1.82, 2.24) is 60.0 Å². The summed E-state index contributed by atoms with van der Waals surface area (Å²) in [6, 6.07) is -8.11. The van der Waals surface area contributed by atoms with Gasteiger partial charge in [-0.15, -0.1) is 0 Å². The number of alkyl halides is 3. The summed E-state index contributed by atoms with van der Waals surface area (Å²) in [6.45, 7) is 17.3. The van der Waals surface area contributed by atoms with Gasteiger partial charge in [-0.05, 0) is 120 Å². The molecule has 3 rings (SSSR count). The lowest BCUT2D eigenvalue weighted by Gasteiger charge is -2.40. The van der Waals surface area contributed by atoms with E-state index in [1.807, 2.05) is 27.7 Å². The largest absolute Gasteiger partial charge is 0.419 e. The Hall–Kier alpha value is -7.54. The van der Waals surface area contributed by atoms with Gasteiger partial charge in [0, 0.05) is 76.1 Å². The second-order valence-corrected chi connectivity index (χ2v) is 29.9. The lowest BCUT2D eigenvalue weighted by atomic mass is 9.95. The van der Waals surface area contributed by atoms with Gasteiger partial charge in [0.15, 0.2) is 0 Å². The van der Waals surface area contributed by atoms with Crippen LogP contribution in [0.1, 0.15) is 152 Å². The fraction of sp³-hybridized carbons (Fsp3) is 0.746. The van der Waals surface area contributed by atoms with Crippen molar-refractivity contribution in [3.63, 3.8) is 0 Å². The van der Waals surface area contributed by atoms with Crippen molar-refractivity contribution in [1.29, 1.82) is 0 Å². The Bertz CT molecular complexity index is 3070. The predicted molar refractivity (Wildman–Crippen MR) is 372 cm³/mol. The third kappa shape index (κ3) is 26.3. The monoisotopic (exact) mass is 1450 g/mol. The maximum absolute atomic E-state index is 15.4. The minimum Gasteiger partial charge on any atom is -0.388 e. The van der Waals surface area contributed by atoms with Crippen LogP contribution in [0.3, 0.4) is 0 Å². The van der Waals surface area contributed by atoms with E-state index in [-0.39, 0.29) is 49.2 Å². The summed E-state index contributed by atoms with van der Waals surface area (Å²) in [6.07, 6.45) is -3.43. The van der Waals surface area contributed by atoms with Gasteiger partial charge in [-0.1, -0.05) is 67.9 Å². The van der Waals surface area contributed by atoms with E-state index in [4.69, 9.17) is 9.47 Å². The van der Waals surface area contributed by atoms with Crippen molar-refractivity contribution < 1.29 is 89.7 Å². The smallest absolute Gasteiger partial charge is 0.388 e. The summed E-state index contributed by atoms with van der Waals surface area (Å²) < 4.78 is 67.9. The number of piperidine rings is 1. The number of aliphatic hydroxyl groups is 1. The minimum absolute atomic E-state index is 0.00828. The van der Waals surface area contributed by atoms with E-state index in [0.29, 0.717) is 50.9 Å². The molecule has 2 aliphatic heterocycles. The van der Waals surface area contributed by atoms with Crippen LogP contribution in [0.15, 0.2) is 18.2 Å². The van der Waals surface area contributed by atoms with E-state index < -0.39 is 200 Å². The van der Waals surface area contributed by atoms with Gasteiger partial charge in [0.2, 0.25) is 70.9 Å². The van der Waals surface area contributed by atoms with E-state index in [1.165, 1.54) is 81.9 Å². The normalized spacial score (nSPS) is 23.6. The average Bonchev–Trinajstić information content (AvgIpc) is 0.801. The summed E-state index contributed by atoms with van der Waals surface area (Å²) in [5.41, 5.74) is -5.07. The Morgan fingerprint density at radius 3 is 1.74 bits per heavy atom. The number of amides is 12. The summed E-state index contributed by atoms with van der Waals surface area (Å²) in [5.74, 6) is -12.3. The minimum atomic E-state index is -5.06. The van der Waals surface area contributed by atoms with Gasteiger partial charge in [-0.3, -0.25) is 57.5 Å². The van der Waals surface area contributed by atoms with E-state index in [2.05, 4.69) is 16.0 Å². The molecule has 2 heterocycles. The number of carbonyl (C=O) groups excluding carboxylic acids is 12. The Labute approximate surface area is 599 Å². The SMILES string of the molecule is CC[C@H](C)[C@@H]1NC(=O)[C@H](CC(C)C)N(C)C(=O)C[C@@H](C(=O)N2CCCCC2)N(C)C(=O)[C@@H](CC(C)C)N(C)C(=O)C(C)(C)NC(=O)[C@H](COCC(C)(C)O)N(C)C(=O)[C@H](CCc2ccc(C(F)(F)F)c(F)c2)NC(=O)CN(C)C(=O)[C@H](COCCC(C)C)N(C)C(=O)CN(C)C(=O)CN(C)C1=O. The number of likely N-dealkylation sites (tertiary alicyclic amines) is 1. The molecular formula is C71H116F4N12O15. The van der Waals surface area contributed by atoms with Crippen molar-refractivity contribution >= 4 is 70.9 Å². The molecule has 12 amide bonds. The molecule has 2 aliphatic rings. The van der Waals surface area contributed by atoms with Gasteiger partial charge in [0.1, 0.15) is 53.6 Å². The van der Waals surface area contributed by atoms with Gasteiger partial charge in [0.05, 0.1) is 57.0 Å². The molecule has 27 nitrogen and oxygen atoms in total. The zero-order valence-corrected chi connectivity index (χ0v) is 63.7. The molecule has 0 radical (unpaired) electrons. The van der Waals surface area contributed by atoms with Crippen LogP contribution in [0, 0.1) is 29.5 Å². The zero-order valence-electron chi connectivity index (χ0n) is 63.7. The van der Waals surface area contributed by atoms with Crippen molar-refractivity contribution in [2.45, 2.75) is 207 Å². The maximum atomic E-state index is 15.4. The molecule has 2 saturated heterocycles. The van der Waals surface area contributed by atoms with Crippen LogP contribution in [0.25, 0.3) is 0 Å². The van der Waals surface area contributed by atoms with Gasteiger partial charge < -0.3 is 74.6 Å². The standard InChI is InChI=1S/C71H116F4N12O15/c1-21-46(8)60-67(98)81(15)38-58(90)79(13)39-59(91)83(17)55(41-101-32-29-43(2)3)64(95)80(14)37-56(88)76-50(28-26-47-25-27-48(49(72)35-47)71(73,74)75)63(94)85(19)54(40-102-42-69(9,10)100)62(93)78-70(11,12)68(99)86(20)52(34-45(6)7)65(96)84(18)53(66(97)87-30-23-22-24-31-87)36-57(89)82(16)51(33-44(4)5)61(92)77-60/h25,27,35,43-46,50-55,60,100H,21-24,26,28-34,36-42H2,1-20H3,(H,76,88)(H,77,92)(H,78,93)/t46-,50-,51-,52+,53-,54-,55-,60-/m0/s1. The van der Waals surface area contributed by atoms with Crippen LogP contribution in [-0.4, -0.2) is 289 Å². The number of rotatable bonds is 19. The Kier molecular flexibility index (Phi) is 34.2. The van der Waals surface area contributed by atoms with Crippen LogP contribution in [0.5, 0.6) is 0 Å². The van der Waals surface area contributed by atoms with Gasteiger partial charge >= 0.3 is 6.18 Å². The molecule has 0 aliphatic carbocycles. The van der Waals surface area contributed by atoms with Crippen LogP contribution in [0.2, 0.25) is 0 Å². The first-order chi connectivity index (χ1) is 47.2. The van der Waals surface area contributed by atoms with Crippen molar-refractivity contribution in [3.8, 4) is 0 Å². The fourth-order valence-corrected chi connectivity index (χ4v) is 11.9. The number of ether oxygens (including phenoxy) is 2. The Morgan fingerprint density at radius 2 is 1.19 bits per heavy atom. The first kappa shape index (κ1) is 88.7. The van der Waals surface area contributed by atoms with Crippen LogP contribution >= 0.6 is 0 Å². The summed E-state index contributed by atoms with van der Waals surface area (Å²) in [7, 11) is 10.3. The number of benzene rings is 1. The highest BCUT2D eigenvalue weighted by Gasteiger charge is 2.45. The number of carbonyl (C=O) groups is 12. The molecule has 0 spiro atoms. The molecule has 31 heteroatoms. The lowest BCUT2D eigenvalue weighted by molar-refractivity contribution is -0.155. The third-order valence-corrected chi connectivity index (χ3v) is 18.6. The molecular weight excluding hydrogens is 1340 g/mol. The Balaban J connectivity index is 2.37. The Morgan fingerprint density at radius 1 is 0.627 bits per heavy atom. The molecule has 0 saturated carbocycles. The molecule has 8 atom stereocenters. The molecule has 1 aromatic rings. The lowest BCUT2D eigenvalue weighted by Crippen LogP contribution is -2.64. The molecule has 0 unspecified atom stereocenters.